The third kappa shape index (κ3) is 3.36. The lowest BCUT2D eigenvalue weighted by Crippen LogP contribution is -2.45. The van der Waals surface area contributed by atoms with E-state index in [0.717, 1.165) is 0 Å². The third-order valence-electron chi connectivity index (χ3n) is 4.48. The molecule has 25 heavy (non-hydrogen) atoms. The van der Waals surface area contributed by atoms with Crippen molar-refractivity contribution in [2.45, 2.75) is 37.6 Å². The fourth-order valence-electron chi connectivity index (χ4n) is 3.10. The van der Waals surface area contributed by atoms with Gasteiger partial charge in [-0.05, 0) is 43.5 Å². The molecule has 0 bridgehead atoms. The summed E-state index contributed by atoms with van der Waals surface area (Å²) >= 11 is 12.0. The first-order valence-corrected chi connectivity index (χ1v) is 8.67. The molecule has 1 aliphatic carbocycles. The fraction of sp³-hybridized carbons (Fsp3) is 0.333. The average molecular weight is 383 g/mol. The van der Waals surface area contributed by atoms with Crippen LogP contribution in [0.1, 0.15) is 48.7 Å². The van der Waals surface area contributed by atoms with E-state index in [0.29, 0.717) is 15.6 Å². The maximum atomic E-state index is 15.6. The van der Waals surface area contributed by atoms with Crippen LogP contribution < -0.4 is 5.32 Å². The monoisotopic (exact) mass is 382 g/mol. The summed E-state index contributed by atoms with van der Waals surface area (Å²) in [6, 6.07) is 7.47. The van der Waals surface area contributed by atoms with E-state index in [1.807, 2.05) is 0 Å². The maximum Gasteiger partial charge on any atom is 0.262 e. The van der Waals surface area contributed by atoms with Crippen LogP contribution in [0.15, 0.2) is 36.5 Å². The molecule has 1 aromatic carbocycles. The second kappa shape index (κ2) is 6.90. The first-order valence-electron chi connectivity index (χ1n) is 7.91. The first kappa shape index (κ1) is 18.1. The minimum absolute atomic E-state index is 0.111. The molecule has 0 saturated carbocycles. The van der Waals surface area contributed by atoms with Gasteiger partial charge >= 0.3 is 0 Å². The van der Waals surface area contributed by atoms with Gasteiger partial charge in [0.2, 0.25) is 5.67 Å². The number of aliphatic hydroxyl groups is 1. The van der Waals surface area contributed by atoms with Gasteiger partial charge in [-0.3, -0.25) is 9.78 Å². The Morgan fingerprint density at radius 3 is 2.92 bits per heavy atom. The first-order chi connectivity index (χ1) is 11.8. The number of nitrogens with zero attached hydrogens (tertiary/aromatic N) is 1. The van der Waals surface area contributed by atoms with E-state index in [9.17, 15) is 9.90 Å². The Kier molecular flexibility index (Phi) is 5.00. The van der Waals surface area contributed by atoms with Gasteiger partial charge in [-0.25, -0.2) is 4.39 Å². The molecule has 132 valence electrons. The standard InChI is InChI=1S/C18H17Cl2FN2O2/c1-10(12-5-4-11(19)9-14(12)20)23-17(25)18(21)7-6-15(24)16-13(18)3-2-8-22-16/h2-5,8-10,15,24H,6-7H2,1H3,(H,23,25)/t10-,15+,18+/m1/s1. The van der Waals surface area contributed by atoms with E-state index in [1.165, 1.54) is 12.3 Å². The Morgan fingerprint density at radius 1 is 1.44 bits per heavy atom. The molecule has 4 nitrogen and oxygen atoms in total. The molecule has 3 atom stereocenters. The van der Waals surface area contributed by atoms with Gasteiger partial charge in [0.25, 0.3) is 5.91 Å². The lowest BCUT2D eigenvalue weighted by molar-refractivity contribution is -0.136. The molecule has 0 spiro atoms. The zero-order valence-electron chi connectivity index (χ0n) is 13.5. The highest BCUT2D eigenvalue weighted by molar-refractivity contribution is 6.35. The Hall–Kier alpha value is -1.69. The number of nitrogens with one attached hydrogen (secondary N) is 1. The molecule has 0 fully saturated rings. The number of halogens is 3. The largest absolute Gasteiger partial charge is 0.387 e. The number of alkyl halides is 1. The molecule has 0 aliphatic heterocycles. The molecule has 0 unspecified atom stereocenters. The van der Waals surface area contributed by atoms with Crippen molar-refractivity contribution in [2.75, 3.05) is 0 Å². The molecule has 1 amide bonds. The zero-order chi connectivity index (χ0) is 18.2. The Balaban J connectivity index is 1.87. The van der Waals surface area contributed by atoms with Gasteiger partial charge in [0.1, 0.15) is 0 Å². The van der Waals surface area contributed by atoms with Gasteiger partial charge < -0.3 is 10.4 Å². The van der Waals surface area contributed by atoms with E-state index in [1.54, 1.807) is 31.2 Å². The summed E-state index contributed by atoms with van der Waals surface area (Å²) in [4.78, 5) is 16.7. The van der Waals surface area contributed by atoms with Crippen molar-refractivity contribution < 1.29 is 14.3 Å². The van der Waals surface area contributed by atoms with Crippen molar-refractivity contribution in [3.8, 4) is 0 Å². The normalized spacial score (nSPS) is 23.6. The molecule has 2 N–H and O–H groups in total. The number of fused-ring (bicyclic) bond motifs is 1. The molecule has 7 heteroatoms. The van der Waals surface area contributed by atoms with Gasteiger partial charge in [0.05, 0.1) is 17.8 Å². The summed E-state index contributed by atoms with van der Waals surface area (Å²) in [6.07, 6.45) is 0.627. The van der Waals surface area contributed by atoms with E-state index in [-0.39, 0.29) is 24.1 Å². The molecule has 3 rings (SSSR count). The van der Waals surface area contributed by atoms with Gasteiger partial charge in [0.15, 0.2) is 0 Å². The van der Waals surface area contributed by atoms with Crippen molar-refractivity contribution in [3.05, 3.63) is 63.4 Å². The second-order valence-corrected chi connectivity index (χ2v) is 7.00. The van der Waals surface area contributed by atoms with Crippen LogP contribution in [0.3, 0.4) is 0 Å². The number of carbonyl (C=O) groups excluding carboxylic acids is 1. The number of hydrogen-bond acceptors (Lipinski definition) is 3. The summed E-state index contributed by atoms with van der Waals surface area (Å²) < 4.78 is 15.6. The Bertz CT molecular complexity index is 817. The number of rotatable bonds is 3. The lowest BCUT2D eigenvalue weighted by atomic mass is 9.80. The van der Waals surface area contributed by atoms with E-state index in [4.69, 9.17) is 23.2 Å². The van der Waals surface area contributed by atoms with Gasteiger partial charge in [-0.15, -0.1) is 0 Å². The van der Waals surface area contributed by atoms with Crippen LogP contribution in [-0.2, 0) is 10.5 Å². The third-order valence-corrected chi connectivity index (χ3v) is 5.04. The van der Waals surface area contributed by atoms with Gasteiger partial charge in [0, 0.05) is 21.8 Å². The molecule has 1 aliphatic rings. The van der Waals surface area contributed by atoms with Crippen LogP contribution in [0.2, 0.25) is 10.0 Å². The predicted molar refractivity (Wildman–Crippen MR) is 94.2 cm³/mol. The lowest BCUT2D eigenvalue weighted by Gasteiger charge is -2.33. The fourth-order valence-corrected chi connectivity index (χ4v) is 3.67. The highest BCUT2D eigenvalue weighted by atomic mass is 35.5. The highest BCUT2D eigenvalue weighted by Crippen LogP contribution is 2.42. The Labute approximate surface area is 155 Å². The molecule has 1 aromatic heterocycles. The number of amides is 1. The zero-order valence-corrected chi connectivity index (χ0v) is 15.0. The summed E-state index contributed by atoms with van der Waals surface area (Å²) in [6.45, 7) is 1.72. The summed E-state index contributed by atoms with van der Waals surface area (Å²) in [5.41, 5.74) is -1.27. The minimum atomic E-state index is -2.24. The number of pyridine rings is 1. The summed E-state index contributed by atoms with van der Waals surface area (Å²) in [5, 5.41) is 13.6. The van der Waals surface area contributed by atoms with Crippen LogP contribution >= 0.6 is 23.2 Å². The van der Waals surface area contributed by atoms with Crippen LogP contribution in [0, 0.1) is 0 Å². The van der Waals surface area contributed by atoms with Crippen molar-refractivity contribution in [1.29, 1.82) is 0 Å². The van der Waals surface area contributed by atoms with Gasteiger partial charge in [-0.2, -0.15) is 0 Å². The van der Waals surface area contributed by atoms with Crippen molar-refractivity contribution in [2.24, 2.45) is 0 Å². The molecule has 0 saturated heterocycles. The molecular formula is C18H17Cl2FN2O2. The average Bonchev–Trinajstić information content (AvgIpc) is 2.58. The number of carbonyl (C=O) groups is 1. The van der Waals surface area contributed by atoms with Crippen molar-refractivity contribution in [1.82, 2.24) is 10.3 Å². The minimum Gasteiger partial charge on any atom is -0.387 e. The molecule has 2 aromatic rings. The van der Waals surface area contributed by atoms with E-state index >= 15 is 4.39 Å². The number of aromatic nitrogens is 1. The van der Waals surface area contributed by atoms with Gasteiger partial charge in [-0.1, -0.05) is 35.3 Å². The number of benzene rings is 1. The SMILES string of the molecule is C[C@@H](NC(=O)[C@]1(F)CC[C@H](O)c2ncccc21)c1ccc(Cl)cc1Cl. The molecule has 1 heterocycles. The van der Waals surface area contributed by atoms with Crippen LogP contribution in [0.4, 0.5) is 4.39 Å². The van der Waals surface area contributed by atoms with Crippen LogP contribution in [0.25, 0.3) is 0 Å². The van der Waals surface area contributed by atoms with Crippen molar-refractivity contribution >= 4 is 29.1 Å². The number of aliphatic hydroxyl groups excluding tert-OH is 1. The van der Waals surface area contributed by atoms with Crippen LogP contribution in [-0.4, -0.2) is 16.0 Å². The summed E-state index contributed by atoms with van der Waals surface area (Å²) in [7, 11) is 0. The second-order valence-electron chi connectivity index (χ2n) is 6.15. The smallest absolute Gasteiger partial charge is 0.262 e. The van der Waals surface area contributed by atoms with Crippen LogP contribution in [0.5, 0.6) is 0 Å². The van der Waals surface area contributed by atoms with Crippen molar-refractivity contribution in [3.63, 3.8) is 0 Å². The Morgan fingerprint density at radius 2 is 2.20 bits per heavy atom. The topological polar surface area (TPSA) is 62.2 Å². The number of hydrogen-bond donors (Lipinski definition) is 2. The maximum absolute atomic E-state index is 15.6. The van der Waals surface area contributed by atoms with E-state index in [2.05, 4.69) is 10.3 Å². The highest BCUT2D eigenvalue weighted by Gasteiger charge is 2.47. The quantitative estimate of drug-likeness (QED) is 0.833. The summed E-state index contributed by atoms with van der Waals surface area (Å²) in [5.74, 6) is -0.771. The molecular weight excluding hydrogens is 366 g/mol. The van der Waals surface area contributed by atoms with E-state index < -0.39 is 23.7 Å². The molecule has 0 radical (unpaired) electrons. The predicted octanol–water partition coefficient (Wildman–Crippen LogP) is 4.26.